The van der Waals surface area contributed by atoms with Crippen molar-refractivity contribution < 1.29 is 18.0 Å². The van der Waals surface area contributed by atoms with Crippen molar-refractivity contribution in [3.8, 4) is 5.69 Å². The second-order valence-electron chi connectivity index (χ2n) is 6.83. The van der Waals surface area contributed by atoms with Crippen molar-refractivity contribution in [2.75, 3.05) is 10.6 Å². The van der Waals surface area contributed by atoms with Crippen molar-refractivity contribution in [1.82, 2.24) is 9.78 Å². The van der Waals surface area contributed by atoms with Crippen LogP contribution in [0.3, 0.4) is 0 Å². The van der Waals surface area contributed by atoms with E-state index >= 15 is 0 Å². The molecule has 1 saturated carbocycles. The average molecular weight is 421 g/mol. The molecule has 2 amide bonds. The van der Waals surface area contributed by atoms with Crippen molar-refractivity contribution in [3.05, 3.63) is 71.4 Å². The van der Waals surface area contributed by atoms with Crippen LogP contribution in [0.4, 0.5) is 29.5 Å². The fourth-order valence-corrected chi connectivity index (χ4v) is 3.32. The number of para-hydroxylation sites is 1. The van der Waals surface area contributed by atoms with Crippen molar-refractivity contribution in [2.45, 2.75) is 24.4 Å². The number of hydrogen-bond acceptors (Lipinski definition) is 2. The molecule has 1 aliphatic rings. The maximum absolute atomic E-state index is 13.6. The molecule has 0 atom stereocenters. The third kappa shape index (κ3) is 3.80. The first-order valence-corrected chi connectivity index (χ1v) is 9.23. The maximum atomic E-state index is 13.6. The summed E-state index contributed by atoms with van der Waals surface area (Å²) in [5, 5.41) is 9.83. The Morgan fingerprint density at radius 3 is 2.38 bits per heavy atom. The first-order valence-electron chi connectivity index (χ1n) is 8.85. The van der Waals surface area contributed by atoms with E-state index in [2.05, 4.69) is 15.7 Å². The fourth-order valence-electron chi connectivity index (χ4n) is 3.12. The summed E-state index contributed by atoms with van der Waals surface area (Å²) >= 11 is 5.90. The summed E-state index contributed by atoms with van der Waals surface area (Å²) in [5.74, 6) is 0.140. The SMILES string of the molecule is O=C(Nc1cccc(Cl)c1)Nc1cc(C2(C(F)(F)F)CC2)nn1-c1ccccc1. The molecule has 29 heavy (non-hydrogen) atoms. The molecule has 1 aliphatic carbocycles. The van der Waals surface area contributed by atoms with E-state index in [1.807, 2.05) is 0 Å². The number of aromatic nitrogens is 2. The Hall–Kier alpha value is -3.00. The van der Waals surface area contributed by atoms with E-state index in [1.54, 1.807) is 54.6 Å². The Labute approximate surface area is 169 Å². The van der Waals surface area contributed by atoms with Gasteiger partial charge in [0.15, 0.2) is 0 Å². The van der Waals surface area contributed by atoms with Crippen LogP contribution in [0.25, 0.3) is 5.69 Å². The molecule has 9 heteroatoms. The van der Waals surface area contributed by atoms with Gasteiger partial charge in [0.25, 0.3) is 0 Å². The molecule has 150 valence electrons. The quantitative estimate of drug-likeness (QED) is 0.563. The molecule has 0 aliphatic heterocycles. The summed E-state index contributed by atoms with van der Waals surface area (Å²) in [6, 6.07) is 15.9. The average Bonchev–Trinajstić information content (AvgIpc) is 3.39. The zero-order chi connectivity index (χ0) is 20.6. The number of anilines is 2. The fraction of sp³-hybridized carbons (Fsp3) is 0.200. The monoisotopic (exact) mass is 420 g/mol. The van der Waals surface area contributed by atoms with Gasteiger partial charge in [-0.25, -0.2) is 9.48 Å². The summed E-state index contributed by atoms with van der Waals surface area (Å²) in [6.07, 6.45) is -4.43. The number of nitrogens with one attached hydrogen (secondary N) is 2. The van der Waals surface area contributed by atoms with E-state index in [0.29, 0.717) is 16.4 Å². The number of amides is 2. The molecule has 5 nitrogen and oxygen atoms in total. The molecule has 0 unspecified atom stereocenters. The number of carbonyl (C=O) groups is 1. The van der Waals surface area contributed by atoms with Crippen molar-refractivity contribution in [2.24, 2.45) is 0 Å². The Kier molecular flexibility index (Phi) is 4.74. The third-order valence-corrected chi connectivity index (χ3v) is 5.05. The minimum Gasteiger partial charge on any atom is -0.308 e. The smallest absolute Gasteiger partial charge is 0.308 e. The van der Waals surface area contributed by atoms with Crippen molar-refractivity contribution >= 4 is 29.1 Å². The number of rotatable bonds is 4. The van der Waals surface area contributed by atoms with Crippen LogP contribution in [0, 0.1) is 0 Å². The number of halogens is 4. The van der Waals surface area contributed by atoms with E-state index < -0.39 is 17.6 Å². The third-order valence-electron chi connectivity index (χ3n) is 4.82. The first-order chi connectivity index (χ1) is 13.8. The largest absolute Gasteiger partial charge is 0.400 e. The van der Waals surface area contributed by atoms with E-state index in [0.717, 1.165) is 0 Å². The molecule has 1 fully saturated rings. The minimum absolute atomic E-state index is 0.0174. The highest BCUT2D eigenvalue weighted by molar-refractivity contribution is 6.30. The highest BCUT2D eigenvalue weighted by atomic mass is 35.5. The second kappa shape index (κ2) is 7.11. The van der Waals surface area contributed by atoms with E-state index in [9.17, 15) is 18.0 Å². The Morgan fingerprint density at radius 2 is 1.76 bits per heavy atom. The summed E-state index contributed by atoms with van der Waals surface area (Å²) in [5.41, 5.74) is -1.07. The standard InChI is InChI=1S/C20H16ClF3N4O/c21-13-5-4-6-14(11-13)25-18(29)26-17-12-16(19(9-10-19)20(22,23)24)27-28(17)15-7-2-1-3-8-15/h1-8,11-12H,9-10H2,(H2,25,26,29). The molecule has 2 N–H and O–H groups in total. The number of benzene rings is 2. The highest BCUT2D eigenvalue weighted by Gasteiger charge is 2.65. The van der Waals surface area contributed by atoms with Gasteiger partial charge in [0.1, 0.15) is 11.2 Å². The van der Waals surface area contributed by atoms with Gasteiger partial charge in [-0.15, -0.1) is 0 Å². The zero-order valence-electron chi connectivity index (χ0n) is 15.0. The number of carbonyl (C=O) groups excluding carboxylic acids is 1. The van der Waals surface area contributed by atoms with E-state index in [-0.39, 0.29) is 24.4 Å². The van der Waals surface area contributed by atoms with Crippen molar-refractivity contribution in [3.63, 3.8) is 0 Å². The molecule has 1 aromatic heterocycles. The number of urea groups is 1. The van der Waals surface area contributed by atoms with Crippen LogP contribution in [0.15, 0.2) is 60.7 Å². The van der Waals surface area contributed by atoms with Gasteiger partial charge in [0.2, 0.25) is 0 Å². The minimum atomic E-state index is -4.40. The van der Waals surface area contributed by atoms with Gasteiger partial charge >= 0.3 is 12.2 Å². The molecular formula is C20H16ClF3N4O. The van der Waals surface area contributed by atoms with Crippen LogP contribution in [0.2, 0.25) is 5.02 Å². The highest BCUT2D eigenvalue weighted by Crippen LogP contribution is 2.58. The second-order valence-corrected chi connectivity index (χ2v) is 7.27. The first kappa shape index (κ1) is 19.3. The predicted molar refractivity (Wildman–Crippen MR) is 105 cm³/mol. The van der Waals surface area contributed by atoms with Gasteiger partial charge in [-0.1, -0.05) is 35.9 Å². The van der Waals surface area contributed by atoms with Gasteiger partial charge in [-0.3, -0.25) is 5.32 Å². The molecule has 1 heterocycles. The molecule has 2 aromatic carbocycles. The number of nitrogens with zero attached hydrogens (tertiary/aromatic N) is 2. The molecule has 0 saturated heterocycles. The predicted octanol–water partition coefficient (Wildman–Crippen LogP) is 5.76. The van der Waals surface area contributed by atoms with Gasteiger partial charge in [0, 0.05) is 16.8 Å². The summed E-state index contributed by atoms with van der Waals surface area (Å²) in [6.45, 7) is 0. The van der Waals surface area contributed by atoms with E-state index in [1.165, 1.54) is 10.7 Å². The van der Waals surface area contributed by atoms with Gasteiger partial charge in [-0.05, 0) is 43.2 Å². The number of alkyl halides is 3. The Morgan fingerprint density at radius 1 is 1.03 bits per heavy atom. The Balaban J connectivity index is 1.65. The maximum Gasteiger partial charge on any atom is 0.400 e. The summed E-state index contributed by atoms with van der Waals surface area (Å²) in [7, 11) is 0. The lowest BCUT2D eigenvalue weighted by Crippen LogP contribution is -2.29. The van der Waals surface area contributed by atoms with Gasteiger partial charge in [0.05, 0.1) is 11.4 Å². The van der Waals surface area contributed by atoms with Crippen LogP contribution < -0.4 is 10.6 Å². The van der Waals surface area contributed by atoms with Crippen LogP contribution in [0.1, 0.15) is 18.5 Å². The molecule has 0 bridgehead atoms. The van der Waals surface area contributed by atoms with Crippen LogP contribution in [-0.2, 0) is 5.41 Å². The lowest BCUT2D eigenvalue weighted by Gasteiger charge is -2.16. The molecular weight excluding hydrogens is 405 g/mol. The van der Waals surface area contributed by atoms with Crippen molar-refractivity contribution in [1.29, 1.82) is 0 Å². The zero-order valence-corrected chi connectivity index (χ0v) is 15.8. The summed E-state index contributed by atoms with van der Waals surface area (Å²) in [4.78, 5) is 12.4. The van der Waals surface area contributed by atoms with Crippen LogP contribution >= 0.6 is 11.6 Å². The topological polar surface area (TPSA) is 59.0 Å². The van der Waals surface area contributed by atoms with E-state index in [4.69, 9.17) is 11.6 Å². The lowest BCUT2D eigenvalue weighted by atomic mass is 10.0. The van der Waals surface area contributed by atoms with Gasteiger partial charge < -0.3 is 5.32 Å². The molecule has 0 radical (unpaired) electrons. The molecule has 4 rings (SSSR count). The summed E-state index contributed by atoms with van der Waals surface area (Å²) < 4.78 is 42.0. The van der Waals surface area contributed by atoms with Crippen LogP contribution in [-0.4, -0.2) is 22.0 Å². The molecule has 3 aromatic rings. The van der Waals surface area contributed by atoms with Crippen LogP contribution in [0.5, 0.6) is 0 Å². The normalized spacial score (nSPS) is 15.0. The number of hydrogen-bond donors (Lipinski definition) is 2. The lowest BCUT2D eigenvalue weighted by molar-refractivity contribution is -0.161. The molecule has 0 spiro atoms. The van der Waals surface area contributed by atoms with Gasteiger partial charge in [-0.2, -0.15) is 18.3 Å². The Bertz CT molecular complexity index is 1050.